The molecule has 7 nitrogen and oxygen atoms in total. The van der Waals surface area contributed by atoms with E-state index in [-0.39, 0.29) is 23.1 Å². The van der Waals surface area contributed by atoms with E-state index in [1.807, 2.05) is 0 Å². The second kappa shape index (κ2) is 3.99. The van der Waals surface area contributed by atoms with Crippen LogP contribution in [0.4, 0.5) is 0 Å². The second-order valence-corrected chi connectivity index (χ2v) is 4.62. The van der Waals surface area contributed by atoms with Gasteiger partial charge >= 0.3 is 0 Å². The first-order chi connectivity index (χ1) is 6.81. The Bertz CT molecular complexity index is 448. The molecule has 0 aromatic carbocycles. The number of aromatic nitrogens is 1. The largest absolute Gasteiger partial charge is 0.492 e. The van der Waals surface area contributed by atoms with Gasteiger partial charge in [-0.15, -0.1) is 4.73 Å². The van der Waals surface area contributed by atoms with Gasteiger partial charge in [-0.2, -0.15) is 8.42 Å². The van der Waals surface area contributed by atoms with Crippen molar-refractivity contribution in [1.82, 2.24) is 4.73 Å². The third kappa shape index (κ3) is 3.03. The molecule has 0 aliphatic rings. The summed E-state index contributed by atoms with van der Waals surface area (Å²) in [7, 11) is -4.02. The minimum Gasteiger partial charge on any atom is -0.492 e. The Hall–Kier alpha value is -1.41. The Balaban J connectivity index is 2.63. The number of aromatic hydroxyl groups is 2. The van der Waals surface area contributed by atoms with Gasteiger partial charge in [-0.1, -0.05) is 0 Å². The van der Waals surface area contributed by atoms with E-state index in [9.17, 15) is 13.5 Å². The van der Waals surface area contributed by atoms with Crippen LogP contribution in [-0.2, 0) is 16.5 Å². The molecule has 0 spiro atoms. The number of hydrogen-bond acceptors (Lipinski definition) is 5. The molecule has 15 heavy (non-hydrogen) atoms. The predicted molar refractivity (Wildman–Crippen MR) is 49.7 cm³/mol. The average molecular weight is 237 g/mol. The van der Waals surface area contributed by atoms with Crippen molar-refractivity contribution < 1.29 is 28.4 Å². The van der Waals surface area contributed by atoms with Gasteiger partial charge in [-0.3, -0.25) is 4.55 Å². The minimum absolute atomic E-state index is 0.0792. The van der Waals surface area contributed by atoms with Crippen LogP contribution in [0.25, 0.3) is 0 Å². The monoisotopic (exact) mass is 237 g/mol. The molecule has 0 aliphatic carbocycles. The third-order valence-corrected chi connectivity index (χ3v) is 2.66. The van der Waals surface area contributed by atoms with Crippen LogP contribution >= 0.6 is 0 Å². The summed E-state index contributed by atoms with van der Waals surface area (Å²) >= 11 is 0. The summed E-state index contributed by atoms with van der Waals surface area (Å²) < 4.78 is 29.3. The molecule has 0 amide bonds. The fraction of sp³-hybridized carbons (Fsp3) is 0.429. The maximum Gasteiger partial charge on any atom is 0.264 e. The first-order valence-electron chi connectivity index (χ1n) is 4.08. The van der Waals surface area contributed by atoms with Crippen LogP contribution in [-0.4, -0.2) is 38.9 Å². The van der Waals surface area contributed by atoms with Crippen LogP contribution in [0.1, 0.15) is 12.0 Å². The van der Waals surface area contributed by atoms with Crippen molar-refractivity contribution in [3.63, 3.8) is 0 Å². The molecular weight excluding hydrogens is 226 g/mol. The van der Waals surface area contributed by atoms with Gasteiger partial charge in [0, 0.05) is 11.6 Å². The summed E-state index contributed by atoms with van der Waals surface area (Å²) in [6.45, 7) is 0. The highest BCUT2D eigenvalue weighted by Gasteiger charge is 2.13. The lowest BCUT2D eigenvalue weighted by molar-refractivity contribution is 0.130. The molecule has 1 heterocycles. The Morgan fingerprint density at radius 1 is 1.33 bits per heavy atom. The molecule has 8 heteroatoms. The Morgan fingerprint density at radius 3 is 2.33 bits per heavy atom. The van der Waals surface area contributed by atoms with Crippen LogP contribution < -0.4 is 0 Å². The van der Waals surface area contributed by atoms with E-state index in [4.69, 9.17) is 14.9 Å². The van der Waals surface area contributed by atoms with E-state index in [1.54, 1.807) is 0 Å². The van der Waals surface area contributed by atoms with E-state index in [1.165, 1.54) is 0 Å². The molecule has 4 N–H and O–H groups in total. The summed E-state index contributed by atoms with van der Waals surface area (Å²) in [6.07, 6.45) is 0.197. The fourth-order valence-corrected chi connectivity index (χ4v) is 1.66. The van der Waals surface area contributed by atoms with Gasteiger partial charge in [-0.05, 0) is 12.8 Å². The second-order valence-electron chi connectivity index (χ2n) is 3.05. The summed E-state index contributed by atoms with van der Waals surface area (Å²) in [4.78, 5) is 0. The van der Waals surface area contributed by atoms with Crippen molar-refractivity contribution in [2.45, 2.75) is 12.8 Å². The van der Waals surface area contributed by atoms with E-state index in [0.717, 1.165) is 6.07 Å². The van der Waals surface area contributed by atoms with Gasteiger partial charge in [0.1, 0.15) is 0 Å². The highest BCUT2D eigenvalue weighted by atomic mass is 32.2. The third-order valence-electron chi connectivity index (χ3n) is 1.86. The molecule has 0 saturated carbocycles. The van der Waals surface area contributed by atoms with Crippen molar-refractivity contribution in [2.75, 3.05) is 5.75 Å². The summed E-state index contributed by atoms with van der Waals surface area (Å²) in [5.41, 5.74) is 0.207. The van der Waals surface area contributed by atoms with E-state index in [0.29, 0.717) is 0 Å². The molecule has 86 valence electrons. The number of rotatable bonds is 4. The lowest BCUT2D eigenvalue weighted by Gasteiger charge is -1.98. The SMILES string of the molecule is O=S(=O)(O)CCCc1cc(O)n(O)c1O. The van der Waals surface area contributed by atoms with Gasteiger partial charge < -0.3 is 15.4 Å². The molecule has 0 aliphatic heterocycles. The normalized spacial score (nSPS) is 11.8. The predicted octanol–water partition coefficient (Wildman–Crippen LogP) is -0.0430. The number of aryl methyl sites for hydroxylation is 1. The van der Waals surface area contributed by atoms with Crippen LogP contribution in [0.15, 0.2) is 6.07 Å². The van der Waals surface area contributed by atoms with E-state index in [2.05, 4.69) is 0 Å². The van der Waals surface area contributed by atoms with Gasteiger partial charge in [-0.25, -0.2) is 0 Å². The molecule has 0 bridgehead atoms. The van der Waals surface area contributed by atoms with Crippen LogP contribution in [0, 0.1) is 0 Å². The highest BCUT2D eigenvalue weighted by Crippen LogP contribution is 2.26. The van der Waals surface area contributed by atoms with Gasteiger partial charge in [0.15, 0.2) is 0 Å². The average Bonchev–Trinajstić information content (AvgIpc) is 2.32. The molecule has 0 fully saturated rings. The van der Waals surface area contributed by atoms with Gasteiger partial charge in [0.25, 0.3) is 10.1 Å². The quantitative estimate of drug-likeness (QED) is 0.430. The molecule has 0 atom stereocenters. The van der Waals surface area contributed by atoms with Crippen molar-refractivity contribution in [2.24, 2.45) is 0 Å². The lowest BCUT2D eigenvalue weighted by Crippen LogP contribution is -2.04. The number of nitrogens with zero attached hydrogens (tertiary/aromatic N) is 1. The standard InChI is InChI=1S/C7H11NO6S/c9-6-4-5(7(10)8(6)11)2-1-3-15(12,13)14/h4,9-11H,1-3H2,(H,12,13,14). The smallest absolute Gasteiger partial charge is 0.264 e. The first kappa shape index (κ1) is 11.7. The van der Waals surface area contributed by atoms with Crippen LogP contribution in [0.2, 0.25) is 0 Å². The lowest BCUT2D eigenvalue weighted by atomic mass is 10.2. The first-order valence-corrected chi connectivity index (χ1v) is 5.69. The summed E-state index contributed by atoms with van der Waals surface area (Å²) in [6, 6.07) is 1.11. The zero-order valence-corrected chi connectivity index (χ0v) is 8.48. The van der Waals surface area contributed by atoms with Crippen molar-refractivity contribution in [3.05, 3.63) is 11.6 Å². The zero-order chi connectivity index (χ0) is 11.6. The van der Waals surface area contributed by atoms with Crippen molar-refractivity contribution >= 4 is 10.1 Å². The van der Waals surface area contributed by atoms with Crippen molar-refractivity contribution in [1.29, 1.82) is 0 Å². The molecular formula is C7H11NO6S. The molecule has 0 radical (unpaired) electrons. The Morgan fingerprint density at radius 2 is 1.93 bits per heavy atom. The fourth-order valence-electron chi connectivity index (χ4n) is 1.16. The molecule has 1 rings (SSSR count). The molecule has 1 aromatic heterocycles. The van der Waals surface area contributed by atoms with Crippen LogP contribution in [0.5, 0.6) is 11.8 Å². The van der Waals surface area contributed by atoms with E-state index >= 15 is 0 Å². The van der Waals surface area contributed by atoms with Crippen LogP contribution in [0.3, 0.4) is 0 Å². The van der Waals surface area contributed by atoms with Crippen molar-refractivity contribution in [3.8, 4) is 11.8 Å². The zero-order valence-electron chi connectivity index (χ0n) is 7.66. The maximum atomic E-state index is 10.4. The number of hydrogen-bond donors (Lipinski definition) is 4. The van der Waals surface area contributed by atoms with E-state index < -0.39 is 27.6 Å². The molecule has 0 saturated heterocycles. The summed E-state index contributed by atoms with van der Waals surface area (Å²) in [5.74, 6) is -1.51. The Labute approximate surface area is 85.9 Å². The highest BCUT2D eigenvalue weighted by molar-refractivity contribution is 7.85. The van der Waals surface area contributed by atoms with Gasteiger partial charge in [0.2, 0.25) is 11.8 Å². The molecule has 0 unspecified atom stereocenters. The minimum atomic E-state index is -4.02. The van der Waals surface area contributed by atoms with Gasteiger partial charge in [0.05, 0.1) is 5.75 Å². The topological polar surface area (TPSA) is 120 Å². The maximum absolute atomic E-state index is 10.4. The Kier molecular flexibility index (Phi) is 3.10. The summed E-state index contributed by atoms with van der Waals surface area (Å²) in [5, 5.41) is 27.1. The molecule has 1 aromatic rings.